The van der Waals surface area contributed by atoms with Crippen molar-refractivity contribution in [3.63, 3.8) is 0 Å². The van der Waals surface area contributed by atoms with Crippen LogP contribution in [0.1, 0.15) is 18.9 Å². The van der Waals surface area contributed by atoms with Crippen LogP contribution in [0, 0.1) is 5.82 Å². The molecule has 72 valence electrons. The van der Waals surface area contributed by atoms with E-state index in [9.17, 15) is 4.39 Å². The van der Waals surface area contributed by atoms with Gasteiger partial charge in [-0.3, -0.25) is 0 Å². The third-order valence-corrected chi connectivity index (χ3v) is 2.32. The van der Waals surface area contributed by atoms with Crippen molar-refractivity contribution in [2.75, 3.05) is 0 Å². The Morgan fingerprint density at radius 2 is 2.23 bits per heavy atom. The largest absolute Gasteiger partial charge is 0.328 e. The van der Waals surface area contributed by atoms with E-state index < -0.39 is 0 Å². The summed E-state index contributed by atoms with van der Waals surface area (Å²) < 4.78 is 12.9. The van der Waals surface area contributed by atoms with E-state index in [4.69, 9.17) is 17.3 Å². The highest BCUT2D eigenvalue weighted by molar-refractivity contribution is 6.31. The van der Waals surface area contributed by atoms with Crippen LogP contribution >= 0.6 is 11.6 Å². The van der Waals surface area contributed by atoms with Gasteiger partial charge < -0.3 is 5.73 Å². The van der Waals surface area contributed by atoms with Crippen LogP contribution in [0.5, 0.6) is 0 Å². The molecule has 1 aromatic carbocycles. The lowest BCUT2D eigenvalue weighted by atomic mass is 10.1. The van der Waals surface area contributed by atoms with E-state index >= 15 is 0 Å². The summed E-state index contributed by atoms with van der Waals surface area (Å²) in [7, 11) is 0. The summed E-state index contributed by atoms with van der Waals surface area (Å²) in [6, 6.07) is 4.97. The minimum atomic E-state index is -0.358. The van der Waals surface area contributed by atoms with Crippen molar-refractivity contribution in [2.24, 2.45) is 5.73 Å². The highest BCUT2D eigenvalue weighted by atomic mass is 35.5. The summed E-state index contributed by atoms with van der Waals surface area (Å²) in [6.07, 6.45) is 1.55. The first kappa shape index (κ1) is 10.5. The van der Waals surface area contributed by atoms with E-state index in [-0.39, 0.29) is 16.9 Å². The van der Waals surface area contributed by atoms with Crippen molar-refractivity contribution < 1.29 is 4.39 Å². The Morgan fingerprint density at radius 1 is 1.54 bits per heavy atom. The topological polar surface area (TPSA) is 26.0 Å². The summed E-state index contributed by atoms with van der Waals surface area (Å²) in [5.41, 5.74) is 6.42. The minimum Gasteiger partial charge on any atom is -0.328 e. The molecule has 0 bridgehead atoms. The van der Waals surface area contributed by atoms with Crippen molar-refractivity contribution in [3.8, 4) is 0 Å². The number of benzene rings is 1. The lowest BCUT2D eigenvalue weighted by molar-refractivity contribution is 0.620. The second kappa shape index (κ2) is 4.58. The van der Waals surface area contributed by atoms with Gasteiger partial charge in [0.25, 0.3) is 0 Å². The summed E-state index contributed by atoms with van der Waals surface area (Å²) in [5, 5.41) is 0.225. The van der Waals surface area contributed by atoms with Crippen LogP contribution in [0.2, 0.25) is 5.02 Å². The van der Waals surface area contributed by atoms with Crippen LogP contribution < -0.4 is 5.73 Å². The number of halogens is 2. The Hall–Kier alpha value is -0.600. The molecule has 0 saturated heterocycles. The molecule has 0 aromatic heterocycles. The third-order valence-electron chi connectivity index (χ3n) is 1.90. The molecule has 0 radical (unpaired) electrons. The van der Waals surface area contributed by atoms with Gasteiger partial charge in [-0.15, -0.1) is 0 Å². The molecule has 0 fully saturated rings. The Bertz CT molecular complexity index is 286. The second-order valence-corrected chi connectivity index (χ2v) is 3.61. The zero-order chi connectivity index (χ0) is 9.84. The number of rotatable bonds is 3. The van der Waals surface area contributed by atoms with Crippen molar-refractivity contribution in [3.05, 3.63) is 34.6 Å². The van der Waals surface area contributed by atoms with Crippen LogP contribution in [-0.2, 0) is 6.42 Å². The molecule has 0 aliphatic heterocycles. The highest BCUT2D eigenvalue weighted by Gasteiger charge is 2.05. The predicted molar refractivity (Wildman–Crippen MR) is 53.4 cm³/mol. The lowest BCUT2D eigenvalue weighted by Gasteiger charge is -2.06. The smallest absolute Gasteiger partial charge is 0.142 e. The average molecular weight is 202 g/mol. The molecular formula is C10H13ClFN. The Balaban J connectivity index is 2.71. The fraction of sp³-hybridized carbons (Fsp3) is 0.400. The summed E-state index contributed by atoms with van der Waals surface area (Å²) in [5.74, 6) is -0.358. The Labute approximate surface area is 82.7 Å². The summed E-state index contributed by atoms with van der Waals surface area (Å²) in [6.45, 7) is 1.92. The maximum absolute atomic E-state index is 12.9. The van der Waals surface area contributed by atoms with E-state index in [1.54, 1.807) is 6.07 Å². The summed E-state index contributed by atoms with van der Waals surface area (Å²) >= 11 is 5.76. The molecule has 1 atom stereocenters. The fourth-order valence-corrected chi connectivity index (χ4v) is 1.35. The van der Waals surface area contributed by atoms with Crippen LogP contribution in [0.15, 0.2) is 18.2 Å². The number of nitrogens with two attached hydrogens (primary N) is 1. The standard InChI is InChI=1S/C10H13ClFN/c1-7(13)5-6-8-3-2-4-9(12)10(8)11/h2-4,7H,5-6,13H2,1H3/t7-/m0/s1. The average Bonchev–Trinajstić information content (AvgIpc) is 2.07. The normalized spacial score (nSPS) is 12.9. The molecule has 1 nitrogen and oxygen atoms in total. The first-order valence-electron chi connectivity index (χ1n) is 4.29. The van der Waals surface area contributed by atoms with E-state index in [1.807, 2.05) is 13.0 Å². The van der Waals surface area contributed by atoms with Gasteiger partial charge in [-0.1, -0.05) is 23.7 Å². The van der Waals surface area contributed by atoms with Crippen molar-refractivity contribution in [1.82, 2.24) is 0 Å². The van der Waals surface area contributed by atoms with Gasteiger partial charge in [0.2, 0.25) is 0 Å². The maximum atomic E-state index is 12.9. The Morgan fingerprint density at radius 3 is 2.85 bits per heavy atom. The second-order valence-electron chi connectivity index (χ2n) is 3.23. The van der Waals surface area contributed by atoms with E-state index in [0.29, 0.717) is 0 Å². The van der Waals surface area contributed by atoms with E-state index in [2.05, 4.69) is 0 Å². The molecule has 2 N–H and O–H groups in total. The van der Waals surface area contributed by atoms with Crippen LogP contribution in [-0.4, -0.2) is 6.04 Å². The fourth-order valence-electron chi connectivity index (χ4n) is 1.12. The molecule has 0 heterocycles. The molecule has 1 rings (SSSR count). The summed E-state index contributed by atoms with van der Waals surface area (Å²) in [4.78, 5) is 0. The van der Waals surface area contributed by atoms with E-state index in [1.165, 1.54) is 6.07 Å². The SMILES string of the molecule is C[C@H](N)CCc1cccc(F)c1Cl. The first-order valence-corrected chi connectivity index (χ1v) is 4.67. The van der Waals surface area contributed by atoms with E-state index in [0.717, 1.165) is 18.4 Å². The van der Waals surface area contributed by atoms with Gasteiger partial charge in [-0.2, -0.15) is 0 Å². The molecule has 0 aliphatic rings. The van der Waals surface area contributed by atoms with Gasteiger partial charge in [0.1, 0.15) is 5.82 Å². The van der Waals surface area contributed by atoms with Crippen LogP contribution in [0.25, 0.3) is 0 Å². The van der Waals surface area contributed by atoms with Crippen molar-refractivity contribution >= 4 is 11.6 Å². The van der Waals surface area contributed by atoms with Gasteiger partial charge in [0.05, 0.1) is 5.02 Å². The van der Waals surface area contributed by atoms with Crippen LogP contribution in [0.3, 0.4) is 0 Å². The zero-order valence-corrected chi connectivity index (χ0v) is 8.31. The monoisotopic (exact) mass is 201 g/mol. The molecular weight excluding hydrogens is 189 g/mol. The molecule has 0 unspecified atom stereocenters. The molecule has 1 aromatic rings. The predicted octanol–water partition coefficient (Wildman–Crippen LogP) is 2.76. The highest BCUT2D eigenvalue weighted by Crippen LogP contribution is 2.20. The Kier molecular flexibility index (Phi) is 3.70. The quantitative estimate of drug-likeness (QED) is 0.800. The number of hydrogen-bond donors (Lipinski definition) is 1. The maximum Gasteiger partial charge on any atom is 0.142 e. The number of hydrogen-bond acceptors (Lipinski definition) is 1. The first-order chi connectivity index (χ1) is 6.11. The molecule has 0 saturated carbocycles. The third kappa shape index (κ3) is 2.98. The van der Waals surface area contributed by atoms with Gasteiger partial charge >= 0.3 is 0 Å². The van der Waals surface area contributed by atoms with Gasteiger partial charge in [-0.05, 0) is 31.4 Å². The molecule has 0 aliphatic carbocycles. The lowest BCUT2D eigenvalue weighted by Crippen LogP contribution is -2.15. The van der Waals surface area contributed by atoms with Crippen molar-refractivity contribution in [1.29, 1.82) is 0 Å². The van der Waals surface area contributed by atoms with Crippen molar-refractivity contribution in [2.45, 2.75) is 25.8 Å². The number of aryl methyl sites for hydroxylation is 1. The minimum absolute atomic E-state index is 0.124. The molecule has 0 amide bonds. The molecule has 13 heavy (non-hydrogen) atoms. The van der Waals surface area contributed by atoms with Crippen LogP contribution in [0.4, 0.5) is 4.39 Å². The van der Waals surface area contributed by atoms with Gasteiger partial charge in [0, 0.05) is 6.04 Å². The van der Waals surface area contributed by atoms with Gasteiger partial charge in [0.15, 0.2) is 0 Å². The molecule has 0 spiro atoms. The zero-order valence-electron chi connectivity index (χ0n) is 7.56. The molecule has 3 heteroatoms. The van der Waals surface area contributed by atoms with Gasteiger partial charge in [-0.25, -0.2) is 4.39 Å².